The van der Waals surface area contributed by atoms with E-state index in [-0.39, 0.29) is 6.61 Å². The fourth-order valence-corrected chi connectivity index (χ4v) is 1.29. The smallest absolute Gasteiger partial charge is 0.0852 e. The molecule has 1 aromatic rings. The highest BCUT2D eigenvalue weighted by Gasteiger charge is 1.99. The van der Waals surface area contributed by atoms with Gasteiger partial charge in [0.15, 0.2) is 0 Å². The van der Waals surface area contributed by atoms with E-state index in [4.69, 9.17) is 5.11 Å². The number of aliphatic hydroxyl groups is 1. The van der Waals surface area contributed by atoms with Gasteiger partial charge in [0.1, 0.15) is 0 Å². The molecule has 0 aliphatic carbocycles. The predicted octanol–water partition coefficient (Wildman–Crippen LogP) is 4.12. The number of aliphatic hydroxyl groups excluding tert-OH is 1. The van der Waals surface area contributed by atoms with Gasteiger partial charge in [-0.1, -0.05) is 46.8 Å². The second-order valence-corrected chi connectivity index (χ2v) is 3.15. The van der Waals surface area contributed by atoms with Gasteiger partial charge < -0.3 is 5.11 Å². The molecule has 3 nitrogen and oxygen atoms in total. The van der Waals surface area contributed by atoms with Crippen molar-refractivity contribution in [2.75, 3.05) is 7.05 Å². The van der Waals surface area contributed by atoms with Crippen molar-refractivity contribution < 1.29 is 5.11 Å². The van der Waals surface area contributed by atoms with E-state index in [0.29, 0.717) is 5.69 Å². The van der Waals surface area contributed by atoms with Gasteiger partial charge in [0.05, 0.1) is 12.3 Å². The maximum atomic E-state index is 8.87. The largest absolute Gasteiger partial charge is 0.390 e. The van der Waals surface area contributed by atoms with Crippen LogP contribution in [-0.2, 0) is 6.61 Å². The second kappa shape index (κ2) is 14.6. The molecule has 1 aromatic heterocycles. The Morgan fingerprint density at radius 3 is 2.26 bits per heavy atom. The summed E-state index contributed by atoms with van der Waals surface area (Å²) in [6.45, 7) is 10.1. The van der Waals surface area contributed by atoms with E-state index in [2.05, 4.69) is 23.0 Å². The Balaban J connectivity index is 0. The van der Waals surface area contributed by atoms with Gasteiger partial charge in [0, 0.05) is 25.0 Å². The van der Waals surface area contributed by atoms with E-state index >= 15 is 0 Å². The van der Waals surface area contributed by atoms with Crippen molar-refractivity contribution in [2.45, 2.75) is 47.6 Å². The van der Waals surface area contributed by atoms with Crippen LogP contribution in [0.5, 0.6) is 0 Å². The zero-order valence-corrected chi connectivity index (χ0v) is 13.1. The summed E-state index contributed by atoms with van der Waals surface area (Å²) in [5.41, 5.74) is 2.78. The minimum absolute atomic E-state index is 0.0189. The molecule has 0 aliphatic heterocycles. The van der Waals surface area contributed by atoms with E-state index in [0.717, 1.165) is 17.6 Å². The topological polar surface area (TPSA) is 45.5 Å². The fourth-order valence-electron chi connectivity index (χ4n) is 1.29. The van der Waals surface area contributed by atoms with Gasteiger partial charge in [-0.25, -0.2) is 0 Å². The molecule has 1 heterocycles. The Morgan fingerprint density at radius 1 is 1.26 bits per heavy atom. The average molecular weight is 264 g/mol. The highest BCUT2D eigenvalue weighted by atomic mass is 16.3. The number of aliphatic imine (C=N–C) groups is 1. The van der Waals surface area contributed by atoms with Crippen molar-refractivity contribution in [2.24, 2.45) is 4.99 Å². The zero-order chi connectivity index (χ0) is 15.1. The number of allylic oxidation sites excluding steroid dienone is 2. The monoisotopic (exact) mass is 264 g/mol. The van der Waals surface area contributed by atoms with Crippen LogP contribution in [0.3, 0.4) is 0 Å². The molecule has 0 amide bonds. The van der Waals surface area contributed by atoms with Crippen LogP contribution in [-0.4, -0.2) is 23.4 Å². The van der Waals surface area contributed by atoms with E-state index in [1.165, 1.54) is 0 Å². The lowest BCUT2D eigenvalue weighted by atomic mass is 10.1. The van der Waals surface area contributed by atoms with Gasteiger partial charge in [0.2, 0.25) is 0 Å². The van der Waals surface area contributed by atoms with Gasteiger partial charge >= 0.3 is 0 Å². The van der Waals surface area contributed by atoms with Crippen LogP contribution in [0.4, 0.5) is 0 Å². The van der Waals surface area contributed by atoms with Crippen LogP contribution in [0.2, 0.25) is 0 Å². The van der Waals surface area contributed by atoms with Crippen LogP contribution in [0.25, 0.3) is 5.57 Å². The first-order valence-electron chi connectivity index (χ1n) is 7.00. The van der Waals surface area contributed by atoms with Gasteiger partial charge in [-0.05, 0) is 18.1 Å². The van der Waals surface area contributed by atoms with Gasteiger partial charge in [-0.2, -0.15) is 0 Å². The lowest BCUT2D eigenvalue weighted by molar-refractivity contribution is 0.277. The van der Waals surface area contributed by atoms with Crippen LogP contribution < -0.4 is 0 Å². The minimum Gasteiger partial charge on any atom is -0.390 e. The summed E-state index contributed by atoms with van der Waals surface area (Å²) in [6.07, 6.45) is 6.64. The maximum Gasteiger partial charge on any atom is 0.0852 e. The summed E-state index contributed by atoms with van der Waals surface area (Å²) in [5, 5.41) is 8.87. The quantitative estimate of drug-likeness (QED) is 0.831. The number of pyridine rings is 1. The molecule has 0 bridgehead atoms. The van der Waals surface area contributed by atoms with Crippen molar-refractivity contribution in [1.82, 2.24) is 4.98 Å². The van der Waals surface area contributed by atoms with E-state index in [9.17, 15) is 0 Å². The summed E-state index contributed by atoms with van der Waals surface area (Å²) in [7, 11) is 1.75. The Labute approximate surface area is 118 Å². The van der Waals surface area contributed by atoms with Crippen molar-refractivity contribution in [3.05, 3.63) is 35.7 Å². The third kappa shape index (κ3) is 8.27. The molecular formula is C16H28N2O. The zero-order valence-electron chi connectivity index (χ0n) is 13.1. The molecule has 0 spiro atoms. The van der Waals surface area contributed by atoms with E-state index in [1.807, 2.05) is 46.0 Å². The van der Waals surface area contributed by atoms with Crippen molar-refractivity contribution in [1.29, 1.82) is 0 Å². The summed E-state index contributed by atoms with van der Waals surface area (Å²) in [6, 6.07) is 3.77. The van der Waals surface area contributed by atoms with Crippen molar-refractivity contribution in [3.63, 3.8) is 0 Å². The Kier molecular flexibility index (Phi) is 15.2. The van der Waals surface area contributed by atoms with Crippen LogP contribution >= 0.6 is 0 Å². The number of nitrogens with zero attached hydrogens (tertiary/aromatic N) is 2. The fraction of sp³-hybridized carbons (Fsp3) is 0.500. The molecule has 0 aliphatic rings. The summed E-state index contributed by atoms with van der Waals surface area (Å²) < 4.78 is 0. The summed E-state index contributed by atoms with van der Waals surface area (Å²) >= 11 is 0. The van der Waals surface area contributed by atoms with Gasteiger partial charge in [-0.15, -0.1) is 0 Å². The molecule has 1 N–H and O–H groups in total. The minimum atomic E-state index is -0.0189. The SMILES string of the molecule is CC.CC.CC/C=C(\C=NC)c1ccc(CO)nc1. The lowest BCUT2D eigenvalue weighted by Gasteiger charge is -2.02. The predicted molar refractivity (Wildman–Crippen MR) is 85.5 cm³/mol. The maximum absolute atomic E-state index is 8.87. The first-order chi connectivity index (χ1) is 9.31. The molecule has 19 heavy (non-hydrogen) atoms. The van der Waals surface area contributed by atoms with Gasteiger partial charge in [0.25, 0.3) is 0 Å². The number of aromatic nitrogens is 1. The molecule has 0 aromatic carbocycles. The molecule has 108 valence electrons. The Bertz CT molecular complexity index is 354. The molecule has 0 saturated heterocycles. The van der Waals surface area contributed by atoms with Crippen LogP contribution in [0, 0.1) is 0 Å². The molecule has 0 unspecified atom stereocenters. The first kappa shape index (κ1) is 19.9. The Morgan fingerprint density at radius 2 is 1.89 bits per heavy atom. The molecule has 0 fully saturated rings. The van der Waals surface area contributed by atoms with Crippen molar-refractivity contribution in [3.8, 4) is 0 Å². The Hall–Kier alpha value is -1.48. The standard InChI is InChI=1S/C12H16N2O.2C2H6/c1-3-4-10(7-13-2)11-5-6-12(9-15)14-8-11;2*1-2/h4-8,15H,3,9H2,1-2H3;2*1-2H3/b10-4+,13-7?;;. The molecule has 3 heteroatoms. The molecular weight excluding hydrogens is 236 g/mol. The van der Waals surface area contributed by atoms with Crippen LogP contribution in [0.1, 0.15) is 52.3 Å². The molecule has 0 atom stereocenters. The summed E-state index contributed by atoms with van der Waals surface area (Å²) in [4.78, 5) is 8.13. The van der Waals surface area contributed by atoms with Crippen molar-refractivity contribution >= 4 is 11.8 Å². The average Bonchev–Trinajstić information content (AvgIpc) is 2.51. The number of hydrogen-bond acceptors (Lipinski definition) is 3. The third-order valence-electron chi connectivity index (χ3n) is 2.01. The van der Waals surface area contributed by atoms with E-state index < -0.39 is 0 Å². The lowest BCUT2D eigenvalue weighted by Crippen LogP contribution is -1.92. The third-order valence-corrected chi connectivity index (χ3v) is 2.01. The van der Waals surface area contributed by atoms with E-state index in [1.54, 1.807) is 13.2 Å². The van der Waals surface area contributed by atoms with Crippen LogP contribution in [0.15, 0.2) is 29.4 Å². The highest BCUT2D eigenvalue weighted by molar-refractivity contribution is 6.09. The molecule has 1 rings (SSSR count). The van der Waals surface area contributed by atoms with Gasteiger partial charge in [-0.3, -0.25) is 9.98 Å². The molecule has 0 radical (unpaired) electrons. The number of rotatable bonds is 4. The first-order valence-corrected chi connectivity index (χ1v) is 7.00. The highest BCUT2D eigenvalue weighted by Crippen LogP contribution is 2.12. The normalized spacial score (nSPS) is 10.4. The second-order valence-electron chi connectivity index (χ2n) is 3.15. The number of hydrogen-bond donors (Lipinski definition) is 1. The molecule has 0 saturated carbocycles. The summed E-state index contributed by atoms with van der Waals surface area (Å²) in [5.74, 6) is 0.